The van der Waals surface area contributed by atoms with Gasteiger partial charge in [0.05, 0.1) is 18.2 Å². The van der Waals surface area contributed by atoms with Crippen molar-refractivity contribution < 1.29 is 19.8 Å². The summed E-state index contributed by atoms with van der Waals surface area (Å²) in [4.78, 5) is 35.6. The summed E-state index contributed by atoms with van der Waals surface area (Å²) in [5, 5.41) is 28.5. The number of amides is 2. The highest BCUT2D eigenvalue weighted by Crippen LogP contribution is 2.31. The van der Waals surface area contributed by atoms with Crippen LogP contribution in [0.25, 0.3) is 0 Å². The Labute approximate surface area is 266 Å². The molecule has 1 aromatic heterocycles. The Balaban J connectivity index is 1.32. The lowest BCUT2D eigenvalue weighted by Gasteiger charge is -2.46. The zero-order valence-corrected chi connectivity index (χ0v) is 26.6. The van der Waals surface area contributed by atoms with E-state index in [1.54, 1.807) is 6.20 Å². The number of aromatic nitrogens is 1. The van der Waals surface area contributed by atoms with Gasteiger partial charge < -0.3 is 20.8 Å². The topological polar surface area (TPSA) is 118 Å². The lowest BCUT2D eigenvalue weighted by atomic mass is 9.93. The molecule has 1 unspecified atom stereocenters. The quantitative estimate of drug-likeness (QED) is 0.263. The number of rotatable bonds is 11. The molecule has 2 heterocycles. The van der Waals surface area contributed by atoms with Gasteiger partial charge in [-0.25, -0.2) is 0 Å². The van der Waals surface area contributed by atoms with E-state index >= 15 is 0 Å². The third kappa shape index (κ3) is 8.76. The third-order valence-corrected chi connectivity index (χ3v) is 8.78. The molecule has 5 rings (SSSR count). The van der Waals surface area contributed by atoms with Crippen molar-refractivity contribution in [2.45, 2.75) is 88.9 Å². The number of pyridine rings is 1. The summed E-state index contributed by atoms with van der Waals surface area (Å²) in [6.07, 6.45) is 3.47. The molecule has 240 valence electrons. The van der Waals surface area contributed by atoms with Crippen LogP contribution in [0.4, 0.5) is 0 Å². The van der Waals surface area contributed by atoms with Crippen LogP contribution in [0.3, 0.4) is 0 Å². The Kier molecular flexibility index (Phi) is 10.7. The molecule has 2 aliphatic rings. The number of carbonyl (C=O) groups is 2. The summed E-state index contributed by atoms with van der Waals surface area (Å²) in [7, 11) is 0. The molecule has 1 aliphatic carbocycles. The van der Waals surface area contributed by atoms with Gasteiger partial charge in [0.1, 0.15) is 6.04 Å². The molecule has 0 radical (unpaired) electrons. The average Bonchev–Trinajstić information content (AvgIpc) is 3.33. The van der Waals surface area contributed by atoms with E-state index in [-0.39, 0.29) is 30.7 Å². The number of nitrogens with zero attached hydrogens (tertiary/aromatic N) is 3. The van der Waals surface area contributed by atoms with Crippen molar-refractivity contribution in [3.63, 3.8) is 0 Å². The van der Waals surface area contributed by atoms with E-state index in [1.807, 2.05) is 93.7 Å². The third-order valence-electron chi connectivity index (χ3n) is 8.78. The summed E-state index contributed by atoms with van der Waals surface area (Å²) < 4.78 is 0. The molecule has 0 spiro atoms. The van der Waals surface area contributed by atoms with Crippen molar-refractivity contribution in [2.24, 2.45) is 0 Å². The lowest BCUT2D eigenvalue weighted by molar-refractivity contribution is -0.134. The van der Waals surface area contributed by atoms with Gasteiger partial charge in [0.15, 0.2) is 0 Å². The second kappa shape index (κ2) is 14.6. The molecule has 4 N–H and O–H groups in total. The molecule has 1 saturated heterocycles. The first-order valence-corrected chi connectivity index (χ1v) is 16.0. The predicted molar refractivity (Wildman–Crippen MR) is 174 cm³/mol. The Bertz CT molecular complexity index is 1410. The molecule has 2 aromatic carbocycles. The molecule has 1 aliphatic heterocycles. The van der Waals surface area contributed by atoms with Crippen molar-refractivity contribution in [2.75, 3.05) is 19.6 Å². The van der Waals surface area contributed by atoms with Crippen LogP contribution in [0.1, 0.15) is 61.9 Å². The van der Waals surface area contributed by atoms with Gasteiger partial charge in [-0.05, 0) is 61.9 Å². The molecule has 9 heteroatoms. The normalized spacial score (nSPS) is 21.9. The van der Waals surface area contributed by atoms with E-state index in [1.165, 1.54) is 0 Å². The fraction of sp³-hybridized carbons (Fsp3) is 0.472. The van der Waals surface area contributed by atoms with Gasteiger partial charge in [-0.3, -0.25) is 24.4 Å². The molecule has 45 heavy (non-hydrogen) atoms. The number of fused-ring (bicyclic) bond motifs is 1. The van der Waals surface area contributed by atoms with E-state index in [0.29, 0.717) is 32.5 Å². The highest BCUT2D eigenvalue weighted by atomic mass is 16.3. The number of aliphatic hydroxyl groups is 2. The van der Waals surface area contributed by atoms with Crippen LogP contribution >= 0.6 is 0 Å². The second-order valence-electron chi connectivity index (χ2n) is 13.5. The van der Waals surface area contributed by atoms with Gasteiger partial charge >= 0.3 is 0 Å². The van der Waals surface area contributed by atoms with Gasteiger partial charge in [0.2, 0.25) is 11.8 Å². The van der Waals surface area contributed by atoms with Crippen LogP contribution in [0, 0.1) is 0 Å². The summed E-state index contributed by atoms with van der Waals surface area (Å²) in [6.45, 7) is 8.43. The molecule has 1 fully saturated rings. The number of carbonyl (C=O) groups excluding carboxylic acids is 2. The Morgan fingerprint density at radius 3 is 2.47 bits per heavy atom. The van der Waals surface area contributed by atoms with Gasteiger partial charge in [0, 0.05) is 63.0 Å². The van der Waals surface area contributed by atoms with Crippen LogP contribution in [0.5, 0.6) is 0 Å². The van der Waals surface area contributed by atoms with Gasteiger partial charge in [-0.1, -0.05) is 60.7 Å². The second-order valence-corrected chi connectivity index (χ2v) is 13.5. The number of nitrogens with one attached hydrogen (secondary N) is 2. The number of hydrogen-bond acceptors (Lipinski definition) is 7. The minimum absolute atomic E-state index is 0.0738. The smallest absolute Gasteiger partial charge is 0.239 e. The van der Waals surface area contributed by atoms with Gasteiger partial charge in [-0.2, -0.15) is 0 Å². The van der Waals surface area contributed by atoms with Crippen LogP contribution < -0.4 is 10.6 Å². The lowest BCUT2D eigenvalue weighted by Crippen LogP contribution is -2.65. The Morgan fingerprint density at radius 2 is 1.73 bits per heavy atom. The molecule has 0 saturated carbocycles. The molecule has 3 aromatic rings. The maximum Gasteiger partial charge on any atom is 0.239 e. The summed E-state index contributed by atoms with van der Waals surface area (Å²) in [5.74, 6) is -0.285. The summed E-state index contributed by atoms with van der Waals surface area (Å²) in [5.41, 5.74) is 3.72. The summed E-state index contributed by atoms with van der Waals surface area (Å²) in [6, 6.07) is 20.4. The van der Waals surface area contributed by atoms with E-state index in [2.05, 4.69) is 25.4 Å². The molecular formula is C36H47N5O4. The summed E-state index contributed by atoms with van der Waals surface area (Å²) >= 11 is 0. The molecule has 9 nitrogen and oxygen atoms in total. The molecule has 2 amide bonds. The number of aliphatic hydroxyl groups excluding tert-OH is 2. The van der Waals surface area contributed by atoms with E-state index in [9.17, 15) is 19.8 Å². The van der Waals surface area contributed by atoms with Crippen LogP contribution in [0.15, 0.2) is 79.1 Å². The minimum atomic E-state index is -0.855. The van der Waals surface area contributed by atoms with E-state index in [0.717, 1.165) is 28.8 Å². The Morgan fingerprint density at radius 1 is 1.00 bits per heavy atom. The highest BCUT2D eigenvalue weighted by molar-refractivity contribution is 5.83. The van der Waals surface area contributed by atoms with Crippen molar-refractivity contribution in [3.05, 3.63) is 101 Å². The van der Waals surface area contributed by atoms with Crippen molar-refractivity contribution in [3.8, 4) is 0 Å². The standard InChI is InChI=1S/C36H47N5O4/c1-36(2,3)39-35(45)30-24-40(23-26-12-9-17-37-22-26)18-19-41(30)29(20-25-10-5-4-6-11-25)31(42)15-16-33(44)38-34-28-14-8-7-13-27(28)21-32(34)43/h4-14,17,22,29-32,34,42-43H,15-16,18-21,23-24H2,1-3H3,(H,38,44)(H,39,45)/t29?,30-,31-,32+,34-/m0/s1. The zero-order chi connectivity index (χ0) is 32.0. The first kappa shape index (κ1) is 32.8. The number of piperazine rings is 1. The van der Waals surface area contributed by atoms with Gasteiger partial charge in [0.25, 0.3) is 0 Å². The van der Waals surface area contributed by atoms with Crippen LogP contribution in [-0.4, -0.2) is 86.3 Å². The molecule has 5 atom stereocenters. The molecular weight excluding hydrogens is 566 g/mol. The fourth-order valence-corrected chi connectivity index (χ4v) is 6.63. The van der Waals surface area contributed by atoms with Crippen molar-refractivity contribution >= 4 is 11.8 Å². The first-order valence-electron chi connectivity index (χ1n) is 16.0. The number of benzene rings is 2. The SMILES string of the molecule is CC(C)(C)NC(=O)[C@@H]1CN(Cc2cccnc2)CCN1C(Cc1ccccc1)[C@@H](O)CCC(=O)N[C@H]1c2ccccc2C[C@H]1O. The highest BCUT2D eigenvalue weighted by Gasteiger charge is 2.40. The first-order chi connectivity index (χ1) is 21.6. The van der Waals surface area contributed by atoms with Crippen LogP contribution in [-0.2, 0) is 29.0 Å². The molecule has 0 bridgehead atoms. The van der Waals surface area contributed by atoms with E-state index in [4.69, 9.17) is 0 Å². The van der Waals surface area contributed by atoms with Crippen LogP contribution in [0.2, 0.25) is 0 Å². The van der Waals surface area contributed by atoms with Crippen molar-refractivity contribution in [1.82, 2.24) is 25.4 Å². The van der Waals surface area contributed by atoms with Crippen molar-refractivity contribution in [1.29, 1.82) is 0 Å². The average molecular weight is 614 g/mol. The zero-order valence-electron chi connectivity index (χ0n) is 26.6. The largest absolute Gasteiger partial charge is 0.391 e. The van der Waals surface area contributed by atoms with Gasteiger partial charge in [-0.15, -0.1) is 0 Å². The maximum absolute atomic E-state index is 13.8. The minimum Gasteiger partial charge on any atom is -0.391 e. The predicted octanol–water partition coefficient (Wildman–Crippen LogP) is 3.01. The fourth-order valence-electron chi connectivity index (χ4n) is 6.63. The maximum atomic E-state index is 13.8. The van der Waals surface area contributed by atoms with E-state index < -0.39 is 29.8 Å². The number of hydrogen-bond donors (Lipinski definition) is 4. The monoisotopic (exact) mass is 613 g/mol. The Hall–Kier alpha value is -3.63.